The molecule has 0 radical (unpaired) electrons. The first-order valence-corrected chi connectivity index (χ1v) is 4.89. The molecule has 0 aromatic carbocycles. The van der Waals surface area contributed by atoms with Crippen molar-refractivity contribution in [1.29, 1.82) is 0 Å². The molecule has 1 aromatic rings. The lowest BCUT2D eigenvalue weighted by atomic mass is 10.2. The standard InChI is InChI=1S/C9H13N3O4/c1-3-4-11-7(5-8(13)14)9(12(15)16)6(2)10-11/h3-5H2,1-2H3,(H,13,14). The van der Waals surface area contributed by atoms with Gasteiger partial charge in [-0.3, -0.25) is 19.6 Å². The van der Waals surface area contributed by atoms with Crippen LogP contribution in [-0.4, -0.2) is 25.8 Å². The number of nitro groups is 1. The molecule has 7 nitrogen and oxygen atoms in total. The first-order chi connectivity index (χ1) is 7.47. The second kappa shape index (κ2) is 4.73. The van der Waals surface area contributed by atoms with Crippen molar-refractivity contribution in [3.05, 3.63) is 21.5 Å². The highest BCUT2D eigenvalue weighted by molar-refractivity contribution is 5.71. The van der Waals surface area contributed by atoms with Crippen molar-refractivity contribution < 1.29 is 14.8 Å². The maximum absolute atomic E-state index is 10.8. The van der Waals surface area contributed by atoms with E-state index in [0.29, 0.717) is 6.54 Å². The minimum Gasteiger partial charge on any atom is -0.481 e. The Labute approximate surface area is 91.8 Å². The Balaban J connectivity index is 3.24. The highest BCUT2D eigenvalue weighted by Gasteiger charge is 2.26. The number of aromatic nitrogens is 2. The van der Waals surface area contributed by atoms with Gasteiger partial charge in [-0.15, -0.1) is 0 Å². The molecule has 0 spiro atoms. The third-order valence-electron chi connectivity index (χ3n) is 2.13. The third kappa shape index (κ3) is 2.36. The van der Waals surface area contributed by atoms with Crippen molar-refractivity contribution in [2.45, 2.75) is 33.2 Å². The van der Waals surface area contributed by atoms with Crippen LogP contribution in [0.4, 0.5) is 5.69 Å². The quantitative estimate of drug-likeness (QED) is 0.600. The van der Waals surface area contributed by atoms with Crippen LogP contribution in [0.15, 0.2) is 0 Å². The highest BCUT2D eigenvalue weighted by atomic mass is 16.6. The number of hydrogen-bond acceptors (Lipinski definition) is 4. The maximum Gasteiger partial charge on any atom is 0.313 e. The van der Waals surface area contributed by atoms with Crippen LogP contribution in [0.3, 0.4) is 0 Å². The van der Waals surface area contributed by atoms with Crippen LogP contribution in [0.25, 0.3) is 0 Å². The molecule has 0 saturated heterocycles. The summed E-state index contributed by atoms with van der Waals surface area (Å²) in [6, 6.07) is 0. The fraction of sp³-hybridized carbons (Fsp3) is 0.556. The van der Waals surface area contributed by atoms with Crippen LogP contribution < -0.4 is 0 Å². The van der Waals surface area contributed by atoms with Crippen LogP contribution >= 0.6 is 0 Å². The van der Waals surface area contributed by atoms with E-state index in [1.807, 2.05) is 6.92 Å². The summed E-state index contributed by atoms with van der Waals surface area (Å²) in [5, 5.41) is 23.5. The van der Waals surface area contributed by atoms with Crippen molar-refractivity contribution >= 4 is 11.7 Å². The molecule has 0 aliphatic heterocycles. The minimum atomic E-state index is -1.10. The fourth-order valence-electron chi connectivity index (χ4n) is 1.57. The topological polar surface area (TPSA) is 98.3 Å². The molecular formula is C9H13N3O4. The second-order valence-electron chi connectivity index (χ2n) is 3.43. The molecule has 0 amide bonds. The Hall–Kier alpha value is -1.92. The summed E-state index contributed by atoms with van der Waals surface area (Å²) in [6.45, 7) is 3.89. The zero-order chi connectivity index (χ0) is 12.3. The van der Waals surface area contributed by atoms with Crippen LogP contribution in [0.1, 0.15) is 24.7 Å². The number of rotatable bonds is 5. The van der Waals surface area contributed by atoms with Crippen LogP contribution in [0.5, 0.6) is 0 Å². The van der Waals surface area contributed by atoms with Gasteiger partial charge in [0.15, 0.2) is 0 Å². The molecule has 0 aliphatic rings. The average molecular weight is 227 g/mol. The average Bonchev–Trinajstić information content (AvgIpc) is 2.42. The summed E-state index contributed by atoms with van der Waals surface area (Å²) in [5.41, 5.74) is 0.238. The molecule has 0 bridgehead atoms. The minimum absolute atomic E-state index is 0.164. The Bertz CT molecular complexity index is 425. The van der Waals surface area contributed by atoms with Gasteiger partial charge >= 0.3 is 11.7 Å². The molecule has 1 aromatic heterocycles. The first-order valence-electron chi connectivity index (χ1n) is 4.89. The van der Waals surface area contributed by atoms with Crippen molar-refractivity contribution in [2.75, 3.05) is 0 Å². The van der Waals surface area contributed by atoms with Gasteiger partial charge < -0.3 is 5.11 Å². The van der Waals surface area contributed by atoms with Gasteiger partial charge in [-0.2, -0.15) is 5.10 Å². The smallest absolute Gasteiger partial charge is 0.313 e. The normalized spacial score (nSPS) is 10.4. The molecule has 0 atom stereocenters. The Morgan fingerprint density at radius 3 is 2.69 bits per heavy atom. The number of hydrogen-bond donors (Lipinski definition) is 1. The number of carbonyl (C=O) groups is 1. The van der Waals surface area contributed by atoms with Crippen LogP contribution in [0, 0.1) is 17.0 Å². The van der Waals surface area contributed by atoms with E-state index in [9.17, 15) is 14.9 Å². The number of nitrogens with zero attached hydrogens (tertiary/aromatic N) is 3. The van der Waals surface area contributed by atoms with Gasteiger partial charge in [0.25, 0.3) is 0 Å². The summed E-state index contributed by atoms with van der Waals surface area (Å²) < 4.78 is 1.40. The van der Waals surface area contributed by atoms with E-state index in [2.05, 4.69) is 5.10 Å². The van der Waals surface area contributed by atoms with Crippen molar-refractivity contribution in [3.8, 4) is 0 Å². The summed E-state index contributed by atoms with van der Waals surface area (Å²) in [6.07, 6.45) is 0.363. The van der Waals surface area contributed by atoms with Gasteiger partial charge in [-0.1, -0.05) is 6.92 Å². The van der Waals surface area contributed by atoms with E-state index >= 15 is 0 Å². The molecular weight excluding hydrogens is 214 g/mol. The van der Waals surface area contributed by atoms with E-state index < -0.39 is 10.9 Å². The van der Waals surface area contributed by atoms with Crippen LogP contribution in [0.2, 0.25) is 0 Å². The molecule has 0 unspecified atom stereocenters. The second-order valence-corrected chi connectivity index (χ2v) is 3.43. The number of aryl methyl sites for hydroxylation is 2. The third-order valence-corrected chi connectivity index (χ3v) is 2.13. The summed E-state index contributed by atoms with van der Waals surface area (Å²) in [5.74, 6) is -1.10. The number of aliphatic carboxylic acids is 1. The van der Waals surface area contributed by atoms with Gasteiger partial charge in [0.2, 0.25) is 0 Å². The van der Waals surface area contributed by atoms with E-state index in [4.69, 9.17) is 5.11 Å². The molecule has 88 valence electrons. The summed E-state index contributed by atoms with van der Waals surface area (Å²) >= 11 is 0. The fourth-order valence-corrected chi connectivity index (χ4v) is 1.57. The lowest BCUT2D eigenvalue weighted by Crippen LogP contribution is -2.10. The van der Waals surface area contributed by atoms with Gasteiger partial charge in [0.1, 0.15) is 11.4 Å². The van der Waals surface area contributed by atoms with Gasteiger partial charge in [0, 0.05) is 6.54 Å². The molecule has 1 heterocycles. The Morgan fingerprint density at radius 2 is 2.25 bits per heavy atom. The summed E-state index contributed by atoms with van der Waals surface area (Å²) in [4.78, 5) is 20.9. The molecule has 1 N–H and O–H groups in total. The zero-order valence-electron chi connectivity index (χ0n) is 9.13. The van der Waals surface area contributed by atoms with E-state index in [-0.39, 0.29) is 23.5 Å². The molecule has 16 heavy (non-hydrogen) atoms. The van der Waals surface area contributed by atoms with Crippen molar-refractivity contribution in [1.82, 2.24) is 9.78 Å². The van der Waals surface area contributed by atoms with Gasteiger partial charge in [0.05, 0.1) is 11.3 Å². The van der Waals surface area contributed by atoms with Crippen molar-refractivity contribution in [2.24, 2.45) is 0 Å². The number of carboxylic acid groups (broad SMARTS) is 1. The predicted molar refractivity (Wildman–Crippen MR) is 55.2 cm³/mol. The zero-order valence-corrected chi connectivity index (χ0v) is 9.13. The van der Waals surface area contributed by atoms with E-state index in [1.165, 1.54) is 11.6 Å². The van der Waals surface area contributed by atoms with Crippen molar-refractivity contribution in [3.63, 3.8) is 0 Å². The van der Waals surface area contributed by atoms with E-state index in [0.717, 1.165) is 6.42 Å². The SMILES string of the molecule is CCCn1nc(C)c([N+](=O)[O-])c1CC(=O)O. The largest absolute Gasteiger partial charge is 0.481 e. The molecule has 0 aliphatic carbocycles. The first kappa shape index (κ1) is 12.2. The molecule has 0 saturated carbocycles. The van der Waals surface area contributed by atoms with Gasteiger partial charge in [-0.25, -0.2) is 0 Å². The molecule has 0 fully saturated rings. The maximum atomic E-state index is 10.8. The lowest BCUT2D eigenvalue weighted by Gasteiger charge is -2.02. The Kier molecular flexibility index (Phi) is 3.60. The van der Waals surface area contributed by atoms with Crippen LogP contribution in [-0.2, 0) is 17.8 Å². The summed E-state index contributed by atoms with van der Waals surface area (Å²) in [7, 11) is 0. The lowest BCUT2D eigenvalue weighted by molar-refractivity contribution is -0.386. The van der Waals surface area contributed by atoms with E-state index in [1.54, 1.807) is 0 Å². The molecule has 7 heteroatoms. The Morgan fingerprint density at radius 1 is 1.62 bits per heavy atom. The molecule has 1 rings (SSSR count). The highest BCUT2D eigenvalue weighted by Crippen LogP contribution is 2.23. The monoisotopic (exact) mass is 227 g/mol. The predicted octanol–water partition coefficient (Wildman–Crippen LogP) is 1.14. The number of carboxylic acids is 1. The van der Waals surface area contributed by atoms with Gasteiger partial charge in [-0.05, 0) is 13.3 Å².